The highest BCUT2D eigenvalue weighted by Crippen LogP contribution is 2.11. The second-order valence-corrected chi connectivity index (χ2v) is 5.04. The molecule has 1 atom stereocenters. The summed E-state index contributed by atoms with van der Waals surface area (Å²) in [6.07, 6.45) is 4.12. The lowest BCUT2D eigenvalue weighted by atomic mass is 10.2. The van der Waals surface area contributed by atoms with Crippen LogP contribution in [0.15, 0.2) is 0 Å². The molecule has 0 radical (unpaired) electrons. The maximum absolute atomic E-state index is 11.2. The summed E-state index contributed by atoms with van der Waals surface area (Å²) in [5.74, 6) is -0.101. The Morgan fingerprint density at radius 1 is 1.30 bits per heavy atom. The van der Waals surface area contributed by atoms with Crippen LogP contribution in [0.25, 0.3) is 0 Å². The Morgan fingerprint density at radius 3 is 2.80 bits per heavy atom. The van der Waals surface area contributed by atoms with E-state index in [0.717, 1.165) is 45.3 Å². The number of carbonyl (C=O) groups is 2. The van der Waals surface area contributed by atoms with E-state index in [2.05, 4.69) is 15.0 Å². The molecule has 20 heavy (non-hydrogen) atoms. The van der Waals surface area contributed by atoms with Crippen LogP contribution >= 0.6 is 0 Å². The topological polar surface area (TPSA) is 67.9 Å². The van der Waals surface area contributed by atoms with Crippen LogP contribution < -0.4 is 5.32 Å². The summed E-state index contributed by atoms with van der Waals surface area (Å²) < 4.78 is 9.47. The average molecular weight is 286 g/mol. The second-order valence-electron chi connectivity index (χ2n) is 5.04. The van der Waals surface area contributed by atoms with Gasteiger partial charge in [0, 0.05) is 25.6 Å². The summed E-state index contributed by atoms with van der Waals surface area (Å²) in [7, 11) is 1.38. The van der Waals surface area contributed by atoms with E-state index in [9.17, 15) is 9.59 Å². The van der Waals surface area contributed by atoms with E-state index in [1.54, 1.807) is 0 Å². The van der Waals surface area contributed by atoms with Gasteiger partial charge in [-0.3, -0.25) is 4.79 Å². The third-order valence-corrected chi connectivity index (χ3v) is 3.44. The Balaban J connectivity index is 2.01. The second kappa shape index (κ2) is 9.58. The highest BCUT2D eigenvalue weighted by Gasteiger charge is 2.23. The number of unbranched alkanes of at least 4 members (excludes halogenated alkanes) is 2. The van der Waals surface area contributed by atoms with Gasteiger partial charge >= 0.3 is 12.1 Å². The van der Waals surface area contributed by atoms with Crippen molar-refractivity contribution in [3.8, 4) is 0 Å². The van der Waals surface area contributed by atoms with E-state index in [0.29, 0.717) is 13.0 Å². The molecule has 1 rings (SSSR count). The minimum absolute atomic E-state index is 0.101. The van der Waals surface area contributed by atoms with E-state index in [1.165, 1.54) is 7.11 Å². The van der Waals surface area contributed by atoms with Crippen molar-refractivity contribution in [2.75, 3.05) is 33.4 Å². The van der Waals surface area contributed by atoms with Crippen molar-refractivity contribution in [1.82, 2.24) is 10.2 Å². The van der Waals surface area contributed by atoms with E-state index >= 15 is 0 Å². The Hall–Kier alpha value is -1.30. The van der Waals surface area contributed by atoms with Crippen molar-refractivity contribution in [1.29, 1.82) is 0 Å². The molecule has 0 aliphatic carbocycles. The molecule has 1 saturated heterocycles. The van der Waals surface area contributed by atoms with Gasteiger partial charge in [0.1, 0.15) is 0 Å². The average Bonchev–Trinajstić information content (AvgIpc) is 2.86. The summed E-state index contributed by atoms with van der Waals surface area (Å²) in [5.41, 5.74) is 0. The fourth-order valence-corrected chi connectivity index (χ4v) is 2.39. The van der Waals surface area contributed by atoms with E-state index < -0.39 is 0 Å². The zero-order valence-electron chi connectivity index (χ0n) is 12.5. The predicted molar refractivity (Wildman–Crippen MR) is 75.5 cm³/mol. The van der Waals surface area contributed by atoms with Crippen LogP contribution in [0.2, 0.25) is 0 Å². The number of likely N-dealkylation sites (tertiary alicyclic amines) is 1. The van der Waals surface area contributed by atoms with Crippen molar-refractivity contribution in [2.45, 2.75) is 45.1 Å². The summed E-state index contributed by atoms with van der Waals surface area (Å²) in [4.78, 5) is 24.6. The summed E-state index contributed by atoms with van der Waals surface area (Å²) in [6, 6.07) is 0.196. The molecule has 6 nitrogen and oxygen atoms in total. The van der Waals surface area contributed by atoms with E-state index in [-0.39, 0.29) is 18.1 Å². The fourth-order valence-electron chi connectivity index (χ4n) is 2.39. The number of esters is 1. The number of nitrogens with one attached hydrogen (secondary N) is 1. The highest BCUT2D eigenvalue weighted by atomic mass is 16.5. The number of alkyl carbamates (subject to hydrolysis) is 1. The summed E-state index contributed by atoms with van der Waals surface area (Å²) in [5, 5.41) is 2.83. The highest BCUT2D eigenvalue weighted by molar-refractivity contribution is 5.69. The van der Waals surface area contributed by atoms with Gasteiger partial charge in [-0.25, -0.2) is 4.79 Å². The number of hydrogen-bond acceptors (Lipinski definition) is 5. The third-order valence-electron chi connectivity index (χ3n) is 3.44. The molecule has 1 aliphatic rings. The number of methoxy groups -OCH3 is 1. The van der Waals surface area contributed by atoms with Gasteiger partial charge in [-0.05, 0) is 32.7 Å². The Kier molecular flexibility index (Phi) is 8.02. The maximum atomic E-state index is 11.2. The first-order valence-electron chi connectivity index (χ1n) is 7.38. The molecule has 0 aromatic rings. The molecular formula is C14H26N2O4. The third kappa shape index (κ3) is 6.75. The monoisotopic (exact) mass is 286 g/mol. The zero-order chi connectivity index (χ0) is 14.8. The van der Waals surface area contributed by atoms with Crippen LogP contribution in [-0.2, 0) is 14.3 Å². The molecular weight excluding hydrogens is 260 g/mol. The first kappa shape index (κ1) is 16.8. The number of hydrogen-bond donors (Lipinski definition) is 1. The number of rotatable bonds is 8. The van der Waals surface area contributed by atoms with Gasteiger partial charge in [-0.1, -0.05) is 6.42 Å². The van der Waals surface area contributed by atoms with Crippen LogP contribution in [0.4, 0.5) is 4.79 Å². The number of ether oxygens (including phenoxy) is 2. The number of carbonyl (C=O) groups excluding carboxylic acids is 2. The van der Waals surface area contributed by atoms with E-state index in [4.69, 9.17) is 4.74 Å². The molecule has 0 aromatic heterocycles. The smallest absolute Gasteiger partial charge is 0.407 e. The predicted octanol–water partition coefficient (Wildman–Crippen LogP) is 1.54. The maximum Gasteiger partial charge on any atom is 0.407 e. The molecule has 1 fully saturated rings. The van der Waals surface area contributed by atoms with Crippen LogP contribution in [0, 0.1) is 0 Å². The molecule has 6 heteroatoms. The molecule has 0 spiro atoms. The van der Waals surface area contributed by atoms with E-state index in [1.807, 2.05) is 6.92 Å². The van der Waals surface area contributed by atoms with Crippen LogP contribution in [0.3, 0.4) is 0 Å². The van der Waals surface area contributed by atoms with Gasteiger partial charge in [0.05, 0.1) is 13.7 Å². The van der Waals surface area contributed by atoms with Crippen molar-refractivity contribution >= 4 is 12.1 Å². The molecule has 1 aliphatic heterocycles. The van der Waals surface area contributed by atoms with Gasteiger partial charge in [-0.15, -0.1) is 0 Å². The Labute approximate surface area is 120 Å². The molecule has 0 saturated carbocycles. The largest absolute Gasteiger partial charge is 0.466 e. The number of amides is 1. The SMILES string of the molecule is CCOC(=O)CCCCCN1CCC(NC(=O)OC)C1. The lowest BCUT2D eigenvalue weighted by molar-refractivity contribution is -0.143. The minimum Gasteiger partial charge on any atom is -0.466 e. The fraction of sp³-hybridized carbons (Fsp3) is 0.857. The van der Waals surface area contributed by atoms with Crippen LogP contribution in [0.1, 0.15) is 39.0 Å². The molecule has 1 unspecified atom stereocenters. The molecule has 0 aromatic carbocycles. The van der Waals surface area contributed by atoms with Gasteiger partial charge in [0.15, 0.2) is 0 Å². The molecule has 1 N–H and O–H groups in total. The van der Waals surface area contributed by atoms with Gasteiger partial charge in [0.25, 0.3) is 0 Å². The first-order valence-corrected chi connectivity index (χ1v) is 7.38. The summed E-state index contributed by atoms with van der Waals surface area (Å²) in [6.45, 7) is 5.19. The molecule has 0 bridgehead atoms. The zero-order valence-corrected chi connectivity index (χ0v) is 12.5. The van der Waals surface area contributed by atoms with Crippen molar-refractivity contribution in [3.05, 3.63) is 0 Å². The Morgan fingerprint density at radius 2 is 2.10 bits per heavy atom. The minimum atomic E-state index is -0.355. The lowest BCUT2D eigenvalue weighted by Gasteiger charge is -2.16. The van der Waals surface area contributed by atoms with Crippen molar-refractivity contribution in [2.24, 2.45) is 0 Å². The van der Waals surface area contributed by atoms with Crippen LogP contribution in [-0.4, -0.2) is 56.4 Å². The Bertz CT molecular complexity index is 310. The number of nitrogens with zero attached hydrogens (tertiary/aromatic N) is 1. The standard InChI is InChI=1S/C14H26N2O4/c1-3-20-13(17)7-5-4-6-9-16-10-8-12(11-16)15-14(18)19-2/h12H,3-11H2,1-2H3,(H,15,18). The van der Waals surface area contributed by atoms with Gasteiger partial charge in [-0.2, -0.15) is 0 Å². The van der Waals surface area contributed by atoms with Gasteiger partial charge < -0.3 is 19.7 Å². The normalized spacial score (nSPS) is 18.8. The lowest BCUT2D eigenvalue weighted by Crippen LogP contribution is -2.37. The first-order chi connectivity index (χ1) is 9.65. The molecule has 1 heterocycles. The molecule has 116 valence electrons. The van der Waals surface area contributed by atoms with Crippen LogP contribution in [0.5, 0.6) is 0 Å². The van der Waals surface area contributed by atoms with Crippen molar-refractivity contribution in [3.63, 3.8) is 0 Å². The quantitative estimate of drug-likeness (QED) is 0.541. The molecule has 1 amide bonds. The van der Waals surface area contributed by atoms with Gasteiger partial charge in [0.2, 0.25) is 0 Å². The summed E-state index contributed by atoms with van der Waals surface area (Å²) >= 11 is 0. The van der Waals surface area contributed by atoms with Crippen molar-refractivity contribution < 1.29 is 19.1 Å².